The molecule has 1 N–H and O–H groups in total. The predicted octanol–water partition coefficient (Wildman–Crippen LogP) is 1.62. The Bertz CT molecular complexity index is 624. The highest BCUT2D eigenvalue weighted by Crippen LogP contribution is 2.16. The third-order valence-electron chi connectivity index (χ3n) is 3.10. The van der Waals surface area contributed by atoms with Crippen molar-refractivity contribution in [3.05, 3.63) is 42.0 Å². The lowest BCUT2D eigenvalue weighted by Gasteiger charge is -2.19. The molecule has 5 nitrogen and oxygen atoms in total. The monoisotopic (exact) mass is 310 g/mol. The molecule has 1 aromatic rings. The smallest absolute Gasteiger partial charge is 0.240 e. The van der Waals surface area contributed by atoms with Gasteiger partial charge in [-0.2, -0.15) is 0 Å². The number of hydrogen-bond donors (Lipinski definition) is 1. The molecule has 0 saturated heterocycles. The summed E-state index contributed by atoms with van der Waals surface area (Å²) in [7, 11) is -3.56. The molecule has 0 unspecified atom stereocenters. The number of rotatable bonds is 7. The molecule has 0 saturated carbocycles. The lowest BCUT2D eigenvalue weighted by Crippen LogP contribution is -2.37. The fourth-order valence-corrected chi connectivity index (χ4v) is 3.27. The Morgan fingerprint density at radius 1 is 1.38 bits per heavy atom. The number of nitrogens with one attached hydrogen (secondary N) is 1. The Labute approximate surface area is 126 Å². The second kappa shape index (κ2) is 7.38. The zero-order valence-corrected chi connectivity index (χ0v) is 13.5. The van der Waals surface area contributed by atoms with Gasteiger partial charge in [-0.15, -0.1) is 6.58 Å². The maximum Gasteiger partial charge on any atom is 0.240 e. The molecule has 21 heavy (non-hydrogen) atoms. The molecule has 0 bridgehead atoms. The first-order valence-electron chi connectivity index (χ1n) is 6.71. The van der Waals surface area contributed by atoms with E-state index < -0.39 is 10.0 Å². The Morgan fingerprint density at radius 3 is 2.62 bits per heavy atom. The van der Waals surface area contributed by atoms with Crippen molar-refractivity contribution in [3.8, 4) is 0 Å². The molecular formula is C15H22N2O3S. The van der Waals surface area contributed by atoms with Crippen molar-refractivity contribution in [2.24, 2.45) is 0 Å². The number of benzene rings is 1. The van der Waals surface area contributed by atoms with E-state index in [1.54, 1.807) is 25.1 Å². The minimum atomic E-state index is -3.56. The molecule has 0 heterocycles. The van der Waals surface area contributed by atoms with Gasteiger partial charge in [-0.1, -0.05) is 18.2 Å². The number of sulfonamides is 1. The van der Waals surface area contributed by atoms with E-state index in [0.717, 1.165) is 5.56 Å². The minimum absolute atomic E-state index is 0.110. The lowest BCUT2D eigenvalue weighted by atomic mass is 10.2. The predicted molar refractivity (Wildman–Crippen MR) is 83.6 cm³/mol. The van der Waals surface area contributed by atoms with Gasteiger partial charge >= 0.3 is 0 Å². The summed E-state index contributed by atoms with van der Waals surface area (Å²) >= 11 is 0. The Hall–Kier alpha value is -1.66. The van der Waals surface area contributed by atoms with Crippen LogP contribution in [0.1, 0.15) is 18.1 Å². The van der Waals surface area contributed by atoms with Gasteiger partial charge in [-0.3, -0.25) is 4.79 Å². The number of carbonyl (C=O) groups is 1. The molecular weight excluding hydrogens is 288 g/mol. The van der Waals surface area contributed by atoms with Gasteiger partial charge in [0.15, 0.2) is 0 Å². The first-order valence-corrected chi connectivity index (χ1v) is 8.19. The topological polar surface area (TPSA) is 66.5 Å². The van der Waals surface area contributed by atoms with E-state index in [9.17, 15) is 13.2 Å². The zero-order chi connectivity index (χ0) is 16.0. The van der Waals surface area contributed by atoms with E-state index in [2.05, 4.69) is 11.3 Å². The minimum Gasteiger partial charge on any atom is -0.338 e. The molecule has 0 fully saturated rings. The van der Waals surface area contributed by atoms with E-state index in [-0.39, 0.29) is 17.3 Å². The summed E-state index contributed by atoms with van der Waals surface area (Å²) < 4.78 is 27.1. The van der Waals surface area contributed by atoms with Gasteiger partial charge in [-0.05, 0) is 31.0 Å². The lowest BCUT2D eigenvalue weighted by molar-refractivity contribution is -0.128. The van der Waals surface area contributed by atoms with Gasteiger partial charge in [0, 0.05) is 26.6 Å². The van der Waals surface area contributed by atoms with Crippen LogP contribution >= 0.6 is 0 Å². The summed E-state index contributed by atoms with van der Waals surface area (Å²) in [4.78, 5) is 13.2. The Kier molecular flexibility index (Phi) is 6.11. The molecule has 0 aliphatic heterocycles. The third kappa shape index (κ3) is 4.99. The van der Waals surface area contributed by atoms with Gasteiger partial charge in [-0.25, -0.2) is 13.1 Å². The normalized spacial score (nSPS) is 11.2. The van der Waals surface area contributed by atoms with Crippen LogP contribution < -0.4 is 4.72 Å². The molecule has 1 aromatic carbocycles. The van der Waals surface area contributed by atoms with Crippen LogP contribution in [-0.2, 0) is 14.8 Å². The number of amides is 1. The van der Waals surface area contributed by atoms with Gasteiger partial charge in [0.25, 0.3) is 0 Å². The van der Waals surface area contributed by atoms with Crippen LogP contribution in [0.25, 0.3) is 0 Å². The Morgan fingerprint density at radius 2 is 2.05 bits per heavy atom. The molecule has 0 spiro atoms. The summed E-state index contributed by atoms with van der Waals surface area (Å²) in [5.74, 6) is -0.110. The van der Waals surface area contributed by atoms with Crippen molar-refractivity contribution < 1.29 is 13.2 Å². The summed E-state index contributed by atoms with van der Waals surface area (Å²) in [6.45, 7) is 9.51. The third-order valence-corrected chi connectivity index (χ3v) is 4.70. The van der Waals surface area contributed by atoms with Crippen LogP contribution in [0.3, 0.4) is 0 Å². The maximum absolute atomic E-state index is 12.3. The van der Waals surface area contributed by atoms with Crippen LogP contribution in [0, 0.1) is 13.8 Å². The average Bonchev–Trinajstić information content (AvgIpc) is 2.40. The van der Waals surface area contributed by atoms with E-state index in [1.165, 1.54) is 11.8 Å². The molecule has 0 radical (unpaired) electrons. The van der Waals surface area contributed by atoms with Crippen molar-refractivity contribution in [1.29, 1.82) is 0 Å². The molecule has 0 atom stereocenters. The highest BCUT2D eigenvalue weighted by Gasteiger charge is 2.17. The molecule has 0 aliphatic carbocycles. The fourth-order valence-electron chi connectivity index (χ4n) is 1.92. The summed E-state index contributed by atoms with van der Waals surface area (Å²) in [5.41, 5.74) is 1.58. The molecule has 0 aromatic heterocycles. The summed E-state index contributed by atoms with van der Waals surface area (Å²) in [5, 5.41) is 0. The van der Waals surface area contributed by atoms with Gasteiger partial charge < -0.3 is 4.90 Å². The molecule has 1 rings (SSSR count). The van der Waals surface area contributed by atoms with Crippen molar-refractivity contribution in [2.45, 2.75) is 25.7 Å². The van der Waals surface area contributed by atoms with E-state index in [4.69, 9.17) is 0 Å². The largest absolute Gasteiger partial charge is 0.338 e. The van der Waals surface area contributed by atoms with Crippen LogP contribution in [0.15, 0.2) is 35.7 Å². The first-order chi connectivity index (χ1) is 9.77. The second-order valence-electron chi connectivity index (χ2n) is 4.92. The van der Waals surface area contributed by atoms with Crippen LogP contribution in [-0.4, -0.2) is 38.9 Å². The fraction of sp³-hybridized carbons (Fsp3) is 0.400. The van der Waals surface area contributed by atoms with Crippen LogP contribution in [0.4, 0.5) is 0 Å². The maximum atomic E-state index is 12.3. The number of aryl methyl sites for hydroxylation is 2. The van der Waals surface area contributed by atoms with Crippen molar-refractivity contribution >= 4 is 15.9 Å². The molecule has 116 valence electrons. The number of nitrogens with zero attached hydrogens (tertiary/aromatic N) is 1. The van der Waals surface area contributed by atoms with Gasteiger partial charge in [0.1, 0.15) is 0 Å². The van der Waals surface area contributed by atoms with Gasteiger partial charge in [0.2, 0.25) is 15.9 Å². The van der Waals surface area contributed by atoms with E-state index in [0.29, 0.717) is 18.7 Å². The highest BCUT2D eigenvalue weighted by molar-refractivity contribution is 7.89. The Balaban J connectivity index is 2.75. The van der Waals surface area contributed by atoms with Gasteiger partial charge in [0.05, 0.1) is 4.90 Å². The summed E-state index contributed by atoms with van der Waals surface area (Å²) in [6, 6.07) is 5.30. The second-order valence-corrected chi connectivity index (χ2v) is 6.66. The first kappa shape index (κ1) is 17.4. The average molecular weight is 310 g/mol. The molecule has 0 aliphatic rings. The van der Waals surface area contributed by atoms with E-state index in [1.807, 2.05) is 13.0 Å². The zero-order valence-electron chi connectivity index (χ0n) is 12.7. The van der Waals surface area contributed by atoms with Crippen molar-refractivity contribution in [2.75, 3.05) is 19.6 Å². The molecule has 6 heteroatoms. The summed E-state index contributed by atoms with van der Waals surface area (Å²) in [6.07, 6.45) is 1.61. The van der Waals surface area contributed by atoms with E-state index >= 15 is 0 Å². The van der Waals surface area contributed by atoms with Crippen molar-refractivity contribution in [1.82, 2.24) is 9.62 Å². The quantitative estimate of drug-likeness (QED) is 0.778. The van der Waals surface area contributed by atoms with Crippen LogP contribution in [0.2, 0.25) is 0 Å². The molecule has 1 amide bonds. The number of hydrogen-bond acceptors (Lipinski definition) is 3. The van der Waals surface area contributed by atoms with Crippen molar-refractivity contribution in [3.63, 3.8) is 0 Å². The number of carbonyl (C=O) groups excluding carboxylic acids is 1. The standard InChI is InChI=1S/C15H22N2O3S/c1-5-9-17(14(4)18)10-8-16-21(19,20)15-11-12(2)6-7-13(15)3/h5-7,11,16H,1,8-10H2,2-4H3. The SMILES string of the molecule is C=CCN(CCNS(=O)(=O)c1cc(C)ccc1C)C(C)=O. The van der Waals surface area contributed by atoms with Crippen LogP contribution in [0.5, 0.6) is 0 Å². The highest BCUT2D eigenvalue weighted by atomic mass is 32.2.